The van der Waals surface area contributed by atoms with E-state index in [1.54, 1.807) is 42.7 Å². The molecule has 2 N–H and O–H groups in total. The number of amides is 2. The standard InChI is InChI=1S/C18H15ClN2O3S/c19-14-6-5-12(17(22)20-8-7-13-3-1-9-24-13)11-15(14)21-18(23)16-4-2-10-25-16/h1-6,9-11H,7-8H2,(H,20,22)(H,21,23). The van der Waals surface area contributed by atoms with Crippen LogP contribution in [0, 0.1) is 0 Å². The van der Waals surface area contributed by atoms with Crippen molar-refractivity contribution in [3.63, 3.8) is 0 Å². The lowest BCUT2D eigenvalue weighted by atomic mass is 10.1. The molecule has 3 aromatic rings. The second-order valence-electron chi connectivity index (χ2n) is 5.21. The molecule has 2 heterocycles. The van der Waals surface area contributed by atoms with E-state index in [0.29, 0.717) is 34.1 Å². The van der Waals surface area contributed by atoms with E-state index in [-0.39, 0.29) is 11.8 Å². The zero-order chi connectivity index (χ0) is 17.6. The van der Waals surface area contributed by atoms with Crippen LogP contribution in [0.25, 0.3) is 0 Å². The van der Waals surface area contributed by atoms with Crippen molar-refractivity contribution >= 4 is 40.4 Å². The van der Waals surface area contributed by atoms with Crippen LogP contribution in [0.15, 0.2) is 58.5 Å². The van der Waals surface area contributed by atoms with Crippen molar-refractivity contribution < 1.29 is 14.0 Å². The van der Waals surface area contributed by atoms with Gasteiger partial charge in [0.1, 0.15) is 5.76 Å². The van der Waals surface area contributed by atoms with Crippen LogP contribution >= 0.6 is 22.9 Å². The van der Waals surface area contributed by atoms with Gasteiger partial charge in [0, 0.05) is 18.5 Å². The molecule has 0 radical (unpaired) electrons. The summed E-state index contributed by atoms with van der Waals surface area (Å²) < 4.78 is 5.22. The van der Waals surface area contributed by atoms with Crippen LogP contribution in [0.2, 0.25) is 5.02 Å². The van der Waals surface area contributed by atoms with E-state index in [1.165, 1.54) is 11.3 Å². The van der Waals surface area contributed by atoms with Crippen LogP contribution in [-0.2, 0) is 6.42 Å². The molecule has 1 aromatic carbocycles. The Kier molecular flexibility index (Phi) is 5.53. The molecule has 3 rings (SSSR count). The minimum atomic E-state index is -0.257. The number of thiophene rings is 1. The third-order valence-corrected chi connectivity index (χ3v) is 4.66. The molecule has 0 unspecified atom stereocenters. The van der Waals surface area contributed by atoms with Gasteiger partial charge >= 0.3 is 0 Å². The highest BCUT2D eigenvalue weighted by molar-refractivity contribution is 7.12. The predicted molar refractivity (Wildman–Crippen MR) is 98.5 cm³/mol. The van der Waals surface area contributed by atoms with Gasteiger partial charge in [-0.15, -0.1) is 11.3 Å². The topological polar surface area (TPSA) is 71.3 Å². The second-order valence-corrected chi connectivity index (χ2v) is 6.57. The summed E-state index contributed by atoms with van der Waals surface area (Å²) in [7, 11) is 0. The van der Waals surface area contributed by atoms with Crippen molar-refractivity contribution in [2.45, 2.75) is 6.42 Å². The fourth-order valence-corrected chi connectivity index (χ4v) is 2.99. The Labute approximate surface area is 153 Å². The Morgan fingerprint density at radius 2 is 2.00 bits per heavy atom. The lowest BCUT2D eigenvalue weighted by Crippen LogP contribution is -2.25. The van der Waals surface area contributed by atoms with Crippen LogP contribution in [-0.4, -0.2) is 18.4 Å². The highest BCUT2D eigenvalue weighted by Crippen LogP contribution is 2.24. The van der Waals surface area contributed by atoms with E-state index in [2.05, 4.69) is 10.6 Å². The number of furan rings is 1. The summed E-state index contributed by atoms with van der Waals surface area (Å²) in [5, 5.41) is 7.73. The van der Waals surface area contributed by atoms with E-state index >= 15 is 0 Å². The van der Waals surface area contributed by atoms with Gasteiger partial charge in [-0.2, -0.15) is 0 Å². The quantitative estimate of drug-likeness (QED) is 0.678. The highest BCUT2D eigenvalue weighted by Gasteiger charge is 2.13. The van der Waals surface area contributed by atoms with Crippen molar-refractivity contribution in [2.24, 2.45) is 0 Å². The molecule has 7 heteroatoms. The van der Waals surface area contributed by atoms with Gasteiger partial charge in [0.25, 0.3) is 11.8 Å². The van der Waals surface area contributed by atoms with Gasteiger partial charge in [-0.1, -0.05) is 17.7 Å². The van der Waals surface area contributed by atoms with Crippen LogP contribution in [0.3, 0.4) is 0 Å². The SMILES string of the molecule is O=C(NCCc1ccco1)c1ccc(Cl)c(NC(=O)c2cccs2)c1. The van der Waals surface area contributed by atoms with Crippen molar-refractivity contribution in [2.75, 3.05) is 11.9 Å². The molecule has 0 bridgehead atoms. The van der Waals surface area contributed by atoms with Crippen LogP contribution in [0.5, 0.6) is 0 Å². The average molecular weight is 375 g/mol. The molecule has 5 nitrogen and oxygen atoms in total. The van der Waals surface area contributed by atoms with E-state index < -0.39 is 0 Å². The molecule has 0 fully saturated rings. The van der Waals surface area contributed by atoms with Crippen molar-refractivity contribution in [3.05, 3.63) is 75.3 Å². The van der Waals surface area contributed by atoms with Crippen molar-refractivity contribution in [1.82, 2.24) is 5.32 Å². The number of rotatable bonds is 6. The fraction of sp³-hybridized carbons (Fsp3) is 0.111. The molecule has 2 aromatic heterocycles. The Balaban J connectivity index is 1.63. The Bertz CT molecular complexity index is 861. The third-order valence-electron chi connectivity index (χ3n) is 3.46. The molecule has 2 amide bonds. The second kappa shape index (κ2) is 8.00. The molecule has 0 atom stereocenters. The molecular formula is C18H15ClN2O3S. The van der Waals surface area contributed by atoms with Gasteiger partial charge in [0.05, 0.1) is 21.9 Å². The average Bonchev–Trinajstić information content (AvgIpc) is 3.30. The predicted octanol–water partition coefficient (Wildman–Crippen LogP) is 4.22. The summed E-state index contributed by atoms with van der Waals surface area (Å²) in [5.41, 5.74) is 0.823. The number of halogens is 1. The molecule has 0 aliphatic rings. The van der Waals surface area contributed by atoms with Crippen LogP contribution in [0.1, 0.15) is 25.8 Å². The molecule has 0 spiro atoms. The minimum absolute atomic E-state index is 0.241. The van der Waals surface area contributed by atoms with E-state index in [0.717, 1.165) is 5.76 Å². The zero-order valence-electron chi connectivity index (χ0n) is 13.1. The van der Waals surface area contributed by atoms with E-state index in [9.17, 15) is 9.59 Å². The molecule has 0 aliphatic heterocycles. The summed E-state index contributed by atoms with van der Waals surface area (Å²) in [4.78, 5) is 25.0. The summed E-state index contributed by atoms with van der Waals surface area (Å²) in [6.07, 6.45) is 2.20. The Morgan fingerprint density at radius 3 is 2.72 bits per heavy atom. The number of benzene rings is 1. The maximum absolute atomic E-state index is 12.3. The number of anilines is 1. The van der Waals surface area contributed by atoms with Gasteiger partial charge in [-0.05, 0) is 41.8 Å². The molecule has 0 saturated heterocycles. The van der Waals surface area contributed by atoms with E-state index in [1.807, 2.05) is 11.4 Å². The molecule has 0 saturated carbocycles. The minimum Gasteiger partial charge on any atom is -0.469 e. The first kappa shape index (κ1) is 17.3. The number of hydrogen-bond acceptors (Lipinski definition) is 4. The first-order valence-electron chi connectivity index (χ1n) is 7.58. The number of nitrogens with one attached hydrogen (secondary N) is 2. The van der Waals surface area contributed by atoms with Crippen LogP contribution < -0.4 is 10.6 Å². The molecule has 128 valence electrons. The fourth-order valence-electron chi connectivity index (χ4n) is 2.21. The maximum Gasteiger partial charge on any atom is 0.265 e. The lowest BCUT2D eigenvalue weighted by Gasteiger charge is -2.09. The van der Waals surface area contributed by atoms with Gasteiger partial charge < -0.3 is 15.1 Å². The monoisotopic (exact) mass is 374 g/mol. The summed E-state index contributed by atoms with van der Waals surface area (Å²) in [6, 6.07) is 11.9. The third kappa shape index (κ3) is 4.49. The van der Waals surface area contributed by atoms with Crippen LogP contribution in [0.4, 0.5) is 5.69 Å². The first-order valence-corrected chi connectivity index (χ1v) is 8.84. The highest BCUT2D eigenvalue weighted by atomic mass is 35.5. The van der Waals surface area contributed by atoms with Gasteiger partial charge in [0.2, 0.25) is 0 Å². The Morgan fingerprint density at radius 1 is 1.12 bits per heavy atom. The normalized spacial score (nSPS) is 10.4. The zero-order valence-corrected chi connectivity index (χ0v) is 14.7. The van der Waals surface area contributed by atoms with Crippen molar-refractivity contribution in [3.8, 4) is 0 Å². The Hall–Kier alpha value is -2.57. The first-order chi connectivity index (χ1) is 12.1. The molecule has 25 heavy (non-hydrogen) atoms. The number of carbonyl (C=O) groups excluding carboxylic acids is 2. The van der Waals surface area contributed by atoms with Gasteiger partial charge in [-0.25, -0.2) is 0 Å². The largest absolute Gasteiger partial charge is 0.469 e. The summed E-state index contributed by atoms with van der Waals surface area (Å²) in [6.45, 7) is 0.450. The number of carbonyl (C=O) groups is 2. The maximum atomic E-state index is 12.3. The molecular weight excluding hydrogens is 360 g/mol. The van der Waals surface area contributed by atoms with E-state index in [4.69, 9.17) is 16.0 Å². The molecule has 0 aliphatic carbocycles. The lowest BCUT2D eigenvalue weighted by molar-refractivity contribution is 0.0952. The summed E-state index contributed by atoms with van der Waals surface area (Å²) >= 11 is 7.46. The smallest absolute Gasteiger partial charge is 0.265 e. The number of hydrogen-bond donors (Lipinski definition) is 2. The van der Waals surface area contributed by atoms with Gasteiger partial charge in [0.15, 0.2) is 0 Å². The van der Waals surface area contributed by atoms with Gasteiger partial charge in [-0.3, -0.25) is 9.59 Å². The summed E-state index contributed by atoms with van der Waals surface area (Å²) in [5.74, 6) is 0.308. The van der Waals surface area contributed by atoms with Crippen molar-refractivity contribution in [1.29, 1.82) is 0 Å².